The number of rotatable bonds is 6. The third kappa shape index (κ3) is 3.35. The van der Waals surface area contributed by atoms with E-state index in [9.17, 15) is 0 Å². The van der Waals surface area contributed by atoms with Crippen LogP contribution in [0.2, 0.25) is 0 Å². The number of nitrogens with zero attached hydrogens (tertiary/aromatic N) is 4. The molecule has 0 bridgehead atoms. The fourth-order valence-corrected chi connectivity index (χ4v) is 2.94. The number of hydrogen-bond donors (Lipinski definition) is 2. The second kappa shape index (κ2) is 7.23. The number of anilines is 1. The maximum Gasteiger partial charge on any atom is 0.156 e. The third-order valence-electron chi connectivity index (χ3n) is 4.18. The summed E-state index contributed by atoms with van der Waals surface area (Å²) < 4.78 is 2.12. The predicted octanol–water partition coefficient (Wildman–Crippen LogP) is 3.76. The van der Waals surface area contributed by atoms with Crippen molar-refractivity contribution in [2.24, 2.45) is 0 Å². The summed E-state index contributed by atoms with van der Waals surface area (Å²) in [7, 11) is 0. The van der Waals surface area contributed by atoms with Crippen LogP contribution in [-0.2, 0) is 6.54 Å². The molecule has 0 spiro atoms. The molecule has 3 heterocycles. The van der Waals surface area contributed by atoms with Gasteiger partial charge >= 0.3 is 0 Å². The summed E-state index contributed by atoms with van der Waals surface area (Å²) in [6.07, 6.45) is 7.27. The first kappa shape index (κ1) is 16.1. The summed E-state index contributed by atoms with van der Waals surface area (Å²) in [6, 6.07) is 14.2. The van der Waals surface area contributed by atoms with Gasteiger partial charge in [-0.15, -0.1) is 0 Å². The smallest absolute Gasteiger partial charge is 0.156 e. The van der Waals surface area contributed by atoms with Crippen LogP contribution in [0.4, 0.5) is 5.82 Å². The van der Waals surface area contributed by atoms with E-state index in [0.717, 1.165) is 41.7 Å². The molecule has 4 rings (SSSR count). The largest absolute Gasteiger partial charge is 0.368 e. The third-order valence-corrected chi connectivity index (χ3v) is 4.18. The average molecular weight is 344 g/mol. The molecule has 26 heavy (non-hydrogen) atoms. The van der Waals surface area contributed by atoms with Crippen LogP contribution >= 0.6 is 0 Å². The van der Waals surface area contributed by atoms with Crippen molar-refractivity contribution < 1.29 is 0 Å². The Morgan fingerprint density at radius 2 is 1.92 bits per heavy atom. The quantitative estimate of drug-likeness (QED) is 0.559. The molecule has 0 atom stereocenters. The van der Waals surface area contributed by atoms with Crippen LogP contribution in [0.15, 0.2) is 67.4 Å². The van der Waals surface area contributed by atoms with Gasteiger partial charge in [0.1, 0.15) is 11.5 Å². The standard InChI is InChI=1S/C20H20N6/c1-15-7-8-21-17(13-15)22-11-12-26-14-25-18(16-5-3-2-4-6-16)19(26)20-23-9-10-24-20/h2-10,13-14H,11-12H2,1H3,(H,21,22)(H,23,24). The van der Waals surface area contributed by atoms with Crippen molar-refractivity contribution in [2.45, 2.75) is 13.5 Å². The molecule has 0 saturated carbocycles. The molecular formula is C20H20N6. The van der Waals surface area contributed by atoms with Gasteiger partial charge in [-0.3, -0.25) is 0 Å². The first-order valence-electron chi connectivity index (χ1n) is 8.58. The Morgan fingerprint density at radius 3 is 2.69 bits per heavy atom. The zero-order valence-electron chi connectivity index (χ0n) is 14.6. The number of imidazole rings is 2. The fourth-order valence-electron chi connectivity index (χ4n) is 2.94. The first-order valence-corrected chi connectivity index (χ1v) is 8.58. The zero-order chi connectivity index (χ0) is 17.8. The van der Waals surface area contributed by atoms with Crippen LogP contribution in [0.3, 0.4) is 0 Å². The molecule has 2 N–H and O–H groups in total. The Labute approximate surface area is 152 Å². The van der Waals surface area contributed by atoms with E-state index in [1.54, 1.807) is 6.20 Å². The number of aromatic nitrogens is 5. The van der Waals surface area contributed by atoms with Crippen molar-refractivity contribution in [1.29, 1.82) is 0 Å². The van der Waals surface area contributed by atoms with Gasteiger partial charge in [0.2, 0.25) is 0 Å². The molecular weight excluding hydrogens is 324 g/mol. The number of pyridine rings is 1. The first-order chi connectivity index (χ1) is 12.8. The van der Waals surface area contributed by atoms with Crippen molar-refractivity contribution in [3.63, 3.8) is 0 Å². The average Bonchev–Trinajstić information content (AvgIpc) is 3.32. The van der Waals surface area contributed by atoms with Crippen molar-refractivity contribution in [3.05, 3.63) is 72.9 Å². The van der Waals surface area contributed by atoms with Crippen LogP contribution in [0, 0.1) is 6.92 Å². The van der Waals surface area contributed by atoms with E-state index in [1.165, 1.54) is 5.56 Å². The highest BCUT2D eigenvalue weighted by Gasteiger charge is 2.16. The Balaban J connectivity index is 1.59. The Hall–Kier alpha value is -3.41. The summed E-state index contributed by atoms with van der Waals surface area (Å²) >= 11 is 0. The molecule has 1 aromatic carbocycles. The molecule has 0 aliphatic heterocycles. The summed E-state index contributed by atoms with van der Waals surface area (Å²) in [5.41, 5.74) is 4.17. The molecule has 0 aliphatic carbocycles. The number of aromatic amines is 1. The lowest BCUT2D eigenvalue weighted by molar-refractivity contribution is 0.729. The van der Waals surface area contributed by atoms with Gasteiger partial charge in [0.25, 0.3) is 0 Å². The lowest BCUT2D eigenvalue weighted by Gasteiger charge is -2.10. The van der Waals surface area contributed by atoms with Gasteiger partial charge in [-0.05, 0) is 24.6 Å². The second-order valence-electron chi connectivity index (χ2n) is 6.08. The van der Waals surface area contributed by atoms with Crippen LogP contribution in [0.1, 0.15) is 5.56 Å². The summed E-state index contributed by atoms with van der Waals surface area (Å²) in [5, 5.41) is 3.37. The molecule has 4 aromatic rings. The van der Waals surface area contributed by atoms with Crippen LogP contribution in [-0.4, -0.2) is 31.0 Å². The summed E-state index contributed by atoms with van der Waals surface area (Å²) in [6.45, 7) is 3.56. The SMILES string of the molecule is Cc1ccnc(NCCn2cnc(-c3ccccc3)c2-c2ncc[nH]2)c1. The lowest BCUT2D eigenvalue weighted by Crippen LogP contribution is -2.12. The number of benzene rings is 1. The van der Waals surface area contributed by atoms with Crippen LogP contribution < -0.4 is 5.32 Å². The van der Waals surface area contributed by atoms with E-state index in [4.69, 9.17) is 0 Å². The molecule has 0 amide bonds. The van der Waals surface area contributed by atoms with Crippen molar-refractivity contribution in [3.8, 4) is 22.8 Å². The predicted molar refractivity (Wildman–Crippen MR) is 103 cm³/mol. The molecule has 6 nitrogen and oxygen atoms in total. The van der Waals surface area contributed by atoms with Gasteiger partial charge in [-0.2, -0.15) is 0 Å². The highest BCUT2D eigenvalue weighted by atomic mass is 15.1. The Kier molecular flexibility index (Phi) is 4.47. The number of nitrogens with one attached hydrogen (secondary N) is 2. The van der Waals surface area contributed by atoms with E-state index in [2.05, 4.69) is 48.9 Å². The Bertz CT molecular complexity index is 973. The maximum absolute atomic E-state index is 4.64. The summed E-state index contributed by atoms with van der Waals surface area (Å²) in [5.74, 6) is 1.70. The summed E-state index contributed by atoms with van der Waals surface area (Å²) in [4.78, 5) is 16.6. The zero-order valence-corrected chi connectivity index (χ0v) is 14.6. The topological polar surface area (TPSA) is 71.4 Å². The van der Waals surface area contributed by atoms with Gasteiger partial charge in [0.05, 0.1) is 12.0 Å². The fraction of sp³-hybridized carbons (Fsp3) is 0.150. The molecule has 6 heteroatoms. The van der Waals surface area contributed by atoms with Gasteiger partial charge in [0.15, 0.2) is 5.82 Å². The normalized spacial score (nSPS) is 10.8. The van der Waals surface area contributed by atoms with Crippen molar-refractivity contribution in [1.82, 2.24) is 24.5 Å². The molecule has 0 saturated heterocycles. The van der Waals surface area contributed by atoms with E-state index in [-0.39, 0.29) is 0 Å². The van der Waals surface area contributed by atoms with Crippen LogP contribution in [0.5, 0.6) is 0 Å². The van der Waals surface area contributed by atoms with Crippen LogP contribution in [0.25, 0.3) is 22.8 Å². The second-order valence-corrected chi connectivity index (χ2v) is 6.08. The van der Waals surface area contributed by atoms with E-state index in [1.807, 2.05) is 49.1 Å². The van der Waals surface area contributed by atoms with Gasteiger partial charge in [0, 0.05) is 37.2 Å². The minimum atomic E-state index is 0.745. The highest BCUT2D eigenvalue weighted by Crippen LogP contribution is 2.28. The maximum atomic E-state index is 4.64. The van der Waals surface area contributed by atoms with E-state index >= 15 is 0 Å². The molecule has 0 aliphatic rings. The molecule has 130 valence electrons. The number of aryl methyl sites for hydroxylation is 1. The van der Waals surface area contributed by atoms with E-state index < -0.39 is 0 Å². The monoisotopic (exact) mass is 344 g/mol. The lowest BCUT2D eigenvalue weighted by atomic mass is 10.1. The highest BCUT2D eigenvalue weighted by molar-refractivity contribution is 5.75. The van der Waals surface area contributed by atoms with Gasteiger partial charge < -0.3 is 14.9 Å². The van der Waals surface area contributed by atoms with E-state index in [0.29, 0.717) is 0 Å². The van der Waals surface area contributed by atoms with Crippen molar-refractivity contribution in [2.75, 3.05) is 11.9 Å². The molecule has 3 aromatic heterocycles. The van der Waals surface area contributed by atoms with Gasteiger partial charge in [-0.1, -0.05) is 30.3 Å². The molecule has 0 radical (unpaired) electrons. The number of hydrogen-bond acceptors (Lipinski definition) is 4. The molecule has 0 fully saturated rings. The Morgan fingerprint density at radius 1 is 1.04 bits per heavy atom. The number of H-pyrrole nitrogens is 1. The van der Waals surface area contributed by atoms with Gasteiger partial charge in [-0.25, -0.2) is 15.0 Å². The molecule has 0 unspecified atom stereocenters. The minimum Gasteiger partial charge on any atom is -0.368 e. The van der Waals surface area contributed by atoms with Crippen molar-refractivity contribution >= 4 is 5.82 Å². The minimum absolute atomic E-state index is 0.745.